The van der Waals surface area contributed by atoms with Crippen molar-refractivity contribution < 1.29 is 9.90 Å². The van der Waals surface area contributed by atoms with E-state index in [9.17, 15) is 4.79 Å². The van der Waals surface area contributed by atoms with Crippen molar-refractivity contribution in [3.05, 3.63) is 9.98 Å². The fraction of sp³-hybridized carbons (Fsp3) is 0.429. The number of carboxylic acid groups (broad SMARTS) is 1. The maximum absolute atomic E-state index is 10.7. The van der Waals surface area contributed by atoms with Crippen LogP contribution in [0.3, 0.4) is 0 Å². The molecule has 1 aromatic rings. The molecule has 2 N–H and O–H groups in total. The lowest BCUT2D eigenvalue weighted by Crippen LogP contribution is -2.39. The summed E-state index contributed by atoms with van der Waals surface area (Å²) in [6, 6.07) is 0. The molecule has 0 unspecified atom stereocenters. The van der Waals surface area contributed by atoms with Gasteiger partial charge in [-0.15, -0.1) is 11.3 Å². The van der Waals surface area contributed by atoms with Gasteiger partial charge in [0.15, 0.2) is 5.13 Å². The Bertz CT molecular complexity index is 324. The van der Waals surface area contributed by atoms with Crippen LogP contribution in [0, 0.1) is 0 Å². The Morgan fingerprint density at radius 2 is 2.38 bits per heavy atom. The van der Waals surface area contributed by atoms with Crippen LogP contribution >= 0.6 is 27.3 Å². The van der Waals surface area contributed by atoms with Gasteiger partial charge in [0.2, 0.25) is 0 Å². The van der Waals surface area contributed by atoms with Crippen LogP contribution in [0.15, 0.2) is 9.98 Å². The Morgan fingerprint density at radius 3 is 2.77 bits per heavy atom. The van der Waals surface area contributed by atoms with Crippen molar-refractivity contribution in [3.63, 3.8) is 0 Å². The third-order valence-corrected chi connectivity index (χ3v) is 2.90. The zero-order valence-electron chi connectivity index (χ0n) is 7.17. The minimum absolute atomic E-state index is 0.597. The van der Waals surface area contributed by atoms with Crippen molar-refractivity contribution in [1.82, 2.24) is 4.98 Å². The molecule has 0 saturated heterocycles. The number of carbonyl (C=O) groups is 1. The molecule has 0 atom stereocenters. The monoisotopic (exact) mass is 264 g/mol. The van der Waals surface area contributed by atoms with Crippen molar-refractivity contribution in [2.24, 2.45) is 0 Å². The Labute approximate surface area is 88.1 Å². The fourth-order valence-corrected chi connectivity index (χ4v) is 1.93. The lowest BCUT2D eigenvalue weighted by Gasteiger charge is -2.19. The topological polar surface area (TPSA) is 62.2 Å². The van der Waals surface area contributed by atoms with Gasteiger partial charge in [-0.1, -0.05) is 0 Å². The van der Waals surface area contributed by atoms with E-state index in [2.05, 4.69) is 26.2 Å². The van der Waals surface area contributed by atoms with E-state index in [0.29, 0.717) is 9.73 Å². The number of rotatable bonds is 3. The van der Waals surface area contributed by atoms with Crippen molar-refractivity contribution in [1.29, 1.82) is 0 Å². The third kappa shape index (κ3) is 2.67. The first-order chi connectivity index (χ1) is 5.92. The molecular weight excluding hydrogens is 256 g/mol. The summed E-state index contributed by atoms with van der Waals surface area (Å²) >= 11 is 4.55. The standard InChI is InChI=1S/C7H9BrN2O2S/c1-7(2,5(11)12)10-6-9-4(8)3-13-6/h3H,1-2H3,(H,9,10)(H,11,12). The molecule has 0 amide bonds. The lowest BCUT2D eigenvalue weighted by molar-refractivity contribution is -0.141. The number of aliphatic carboxylic acids is 1. The van der Waals surface area contributed by atoms with Crippen molar-refractivity contribution in [2.45, 2.75) is 19.4 Å². The van der Waals surface area contributed by atoms with Crippen LogP contribution in [0.5, 0.6) is 0 Å². The van der Waals surface area contributed by atoms with E-state index in [0.717, 1.165) is 0 Å². The minimum atomic E-state index is -0.989. The number of aromatic nitrogens is 1. The highest BCUT2D eigenvalue weighted by Gasteiger charge is 2.27. The van der Waals surface area contributed by atoms with Gasteiger partial charge in [-0.05, 0) is 29.8 Å². The van der Waals surface area contributed by atoms with Crippen LogP contribution in [-0.4, -0.2) is 21.6 Å². The molecule has 0 aliphatic heterocycles. The molecule has 4 nitrogen and oxygen atoms in total. The molecule has 0 aliphatic rings. The van der Waals surface area contributed by atoms with Gasteiger partial charge in [0, 0.05) is 5.38 Å². The van der Waals surface area contributed by atoms with Gasteiger partial charge in [-0.3, -0.25) is 0 Å². The quantitative estimate of drug-likeness (QED) is 0.879. The lowest BCUT2D eigenvalue weighted by atomic mass is 10.1. The highest BCUT2D eigenvalue weighted by molar-refractivity contribution is 9.10. The summed E-state index contributed by atoms with van der Waals surface area (Å²) in [5, 5.41) is 14.0. The van der Waals surface area contributed by atoms with Gasteiger partial charge in [-0.2, -0.15) is 0 Å². The van der Waals surface area contributed by atoms with Crippen molar-refractivity contribution in [2.75, 3.05) is 5.32 Å². The number of hydrogen-bond donors (Lipinski definition) is 2. The van der Waals surface area contributed by atoms with Gasteiger partial charge in [0.25, 0.3) is 0 Å². The maximum Gasteiger partial charge on any atom is 0.328 e. The van der Waals surface area contributed by atoms with Crippen LogP contribution in [0.2, 0.25) is 0 Å². The van der Waals surface area contributed by atoms with Gasteiger partial charge in [-0.25, -0.2) is 9.78 Å². The van der Waals surface area contributed by atoms with E-state index < -0.39 is 11.5 Å². The number of hydrogen-bond acceptors (Lipinski definition) is 4. The Balaban J connectivity index is 2.74. The van der Waals surface area contributed by atoms with Gasteiger partial charge >= 0.3 is 5.97 Å². The van der Waals surface area contributed by atoms with Crippen molar-refractivity contribution in [3.8, 4) is 0 Å². The second kappa shape index (κ2) is 3.63. The van der Waals surface area contributed by atoms with Crippen LogP contribution in [-0.2, 0) is 4.79 Å². The first-order valence-electron chi connectivity index (χ1n) is 3.54. The zero-order valence-corrected chi connectivity index (χ0v) is 9.57. The molecule has 0 fully saturated rings. The van der Waals surface area contributed by atoms with E-state index in [4.69, 9.17) is 5.11 Å². The molecule has 0 saturated carbocycles. The van der Waals surface area contributed by atoms with E-state index in [1.54, 1.807) is 19.2 Å². The second-order valence-corrected chi connectivity index (χ2v) is 4.70. The summed E-state index contributed by atoms with van der Waals surface area (Å²) in [5.74, 6) is -0.904. The predicted molar refractivity (Wildman–Crippen MR) is 55.2 cm³/mol. The highest BCUT2D eigenvalue weighted by Crippen LogP contribution is 2.22. The van der Waals surface area contributed by atoms with Gasteiger partial charge < -0.3 is 10.4 Å². The molecule has 0 bridgehead atoms. The number of anilines is 1. The van der Waals surface area contributed by atoms with E-state index in [-0.39, 0.29) is 0 Å². The average molecular weight is 265 g/mol. The highest BCUT2D eigenvalue weighted by atomic mass is 79.9. The Kier molecular flexibility index (Phi) is 2.92. The first-order valence-corrected chi connectivity index (χ1v) is 5.22. The Morgan fingerprint density at radius 1 is 1.77 bits per heavy atom. The normalized spacial score (nSPS) is 11.3. The Hall–Kier alpha value is -0.620. The molecule has 0 spiro atoms. The molecular formula is C7H9BrN2O2S. The van der Waals surface area contributed by atoms with E-state index in [1.165, 1.54) is 11.3 Å². The number of carboxylic acids is 1. The van der Waals surface area contributed by atoms with Crippen LogP contribution in [0.4, 0.5) is 5.13 Å². The summed E-state index contributed by atoms with van der Waals surface area (Å²) in [7, 11) is 0. The molecule has 0 aromatic carbocycles. The largest absolute Gasteiger partial charge is 0.480 e. The molecule has 6 heteroatoms. The van der Waals surface area contributed by atoms with Gasteiger partial charge in [0.05, 0.1) is 0 Å². The SMILES string of the molecule is CC(C)(Nc1nc(Br)cs1)C(=O)O. The van der Waals surface area contributed by atoms with Crippen molar-refractivity contribution >= 4 is 38.4 Å². The third-order valence-electron chi connectivity index (χ3n) is 1.43. The summed E-state index contributed by atoms with van der Waals surface area (Å²) in [6.45, 7) is 3.18. The molecule has 72 valence electrons. The molecule has 1 aromatic heterocycles. The summed E-state index contributed by atoms with van der Waals surface area (Å²) in [5.41, 5.74) is -0.989. The molecule has 1 rings (SSSR count). The summed E-state index contributed by atoms with van der Waals surface area (Å²) < 4.78 is 0.709. The first kappa shape index (κ1) is 10.5. The maximum atomic E-state index is 10.7. The molecule has 13 heavy (non-hydrogen) atoms. The number of nitrogens with zero attached hydrogens (tertiary/aromatic N) is 1. The number of nitrogens with one attached hydrogen (secondary N) is 1. The fourth-order valence-electron chi connectivity index (χ4n) is 0.632. The minimum Gasteiger partial charge on any atom is -0.480 e. The average Bonchev–Trinajstić information content (AvgIpc) is 2.34. The smallest absolute Gasteiger partial charge is 0.328 e. The van der Waals surface area contributed by atoms with Crippen LogP contribution < -0.4 is 5.32 Å². The summed E-state index contributed by atoms with van der Waals surface area (Å²) in [4.78, 5) is 14.8. The van der Waals surface area contributed by atoms with E-state index >= 15 is 0 Å². The van der Waals surface area contributed by atoms with Crippen LogP contribution in [0.25, 0.3) is 0 Å². The summed E-state index contributed by atoms with van der Waals surface area (Å²) in [6.07, 6.45) is 0. The molecule has 1 heterocycles. The number of thiazole rings is 1. The molecule has 0 aliphatic carbocycles. The molecule has 0 radical (unpaired) electrons. The van der Waals surface area contributed by atoms with Crippen LogP contribution in [0.1, 0.15) is 13.8 Å². The number of halogens is 1. The van der Waals surface area contributed by atoms with Gasteiger partial charge in [0.1, 0.15) is 10.1 Å². The zero-order chi connectivity index (χ0) is 10.1. The second-order valence-electron chi connectivity index (χ2n) is 3.03. The predicted octanol–water partition coefficient (Wildman–Crippen LogP) is 2.18. The van der Waals surface area contributed by atoms with E-state index in [1.807, 2.05) is 0 Å².